The fourth-order valence-corrected chi connectivity index (χ4v) is 6.32. The van der Waals surface area contributed by atoms with Gasteiger partial charge in [-0.2, -0.15) is 0 Å². The zero-order valence-corrected chi connectivity index (χ0v) is 20.9. The van der Waals surface area contributed by atoms with Gasteiger partial charge >= 0.3 is 6.09 Å². The zero-order valence-electron chi connectivity index (χ0n) is 18.6. The van der Waals surface area contributed by atoms with Crippen LogP contribution in [0, 0.1) is 0 Å². The molecule has 178 valence electrons. The molecule has 0 unspecified atom stereocenters. The van der Waals surface area contributed by atoms with Gasteiger partial charge in [0.25, 0.3) is 11.8 Å². The monoisotopic (exact) mass is 510 g/mol. The molecule has 0 radical (unpaired) electrons. The van der Waals surface area contributed by atoms with Gasteiger partial charge in [-0.15, -0.1) is 22.7 Å². The van der Waals surface area contributed by atoms with Gasteiger partial charge in [0.2, 0.25) is 0 Å². The number of thiophene rings is 2. The highest BCUT2D eigenvalue weighted by Gasteiger charge is 2.38. The highest BCUT2D eigenvalue weighted by molar-refractivity contribution is 7.18. The molecule has 8 nitrogen and oxygen atoms in total. The lowest BCUT2D eigenvalue weighted by Gasteiger charge is -2.23. The first-order chi connectivity index (χ1) is 15.8. The molecule has 2 aliphatic rings. The molecule has 1 fully saturated rings. The van der Waals surface area contributed by atoms with E-state index in [9.17, 15) is 14.4 Å². The van der Waals surface area contributed by atoms with Crippen molar-refractivity contribution in [3.63, 3.8) is 0 Å². The largest absolute Gasteiger partial charge is 0.447 e. The molecule has 0 spiro atoms. The van der Waals surface area contributed by atoms with Gasteiger partial charge in [0.05, 0.1) is 20.1 Å². The van der Waals surface area contributed by atoms with Crippen LogP contribution >= 0.6 is 34.3 Å². The minimum atomic E-state index is -0.546. The number of ether oxygens (including phenoxy) is 1. The fourth-order valence-electron chi connectivity index (χ4n) is 4.22. The Hall–Kier alpha value is -2.14. The smallest absolute Gasteiger partial charge is 0.406 e. The summed E-state index contributed by atoms with van der Waals surface area (Å²) in [5, 5.41) is 5.43. The number of carbonyl (C=O) groups excluding carboxylic acids is 3. The van der Waals surface area contributed by atoms with E-state index >= 15 is 0 Å². The highest BCUT2D eigenvalue weighted by atomic mass is 35.5. The molecule has 0 bridgehead atoms. The summed E-state index contributed by atoms with van der Waals surface area (Å²) in [5.41, 5.74) is 1.24. The third kappa shape index (κ3) is 5.68. The molecule has 3 amide bonds. The minimum absolute atomic E-state index is 0.0680. The maximum Gasteiger partial charge on any atom is 0.406 e. The number of amides is 3. The van der Waals surface area contributed by atoms with Crippen LogP contribution in [0.1, 0.15) is 36.2 Å². The third-order valence-electron chi connectivity index (χ3n) is 6.01. The summed E-state index contributed by atoms with van der Waals surface area (Å²) in [7, 11) is 3.60. The number of fused-ring (bicyclic) bond motifs is 1. The van der Waals surface area contributed by atoms with E-state index in [1.807, 2.05) is 6.07 Å². The van der Waals surface area contributed by atoms with E-state index in [0.717, 1.165) is 25.9 Å². The Kier molecular flexibility index (Phi) is 7.58. The number of hydrogen-bond acceptors (Lipinski definition) is 7. The Labute approximate surface area is 205 Å². The van der Waals surface area contributed by atoms with Crippen LogP contribution in [0.4, 0.5) is 4.79 Å². The first-order valence-electron chi connectivity index (χ1n) is 10.9. The fraction of sp³-hybridized carbons (Fsp3) is 0.500. The van der Waals surface area contributed by atoms with Crippen LogP contribution in [-0.4, -0.2) is 80.1 Å². The quantitative estimate of drug-likeness (QED) is 0.645. The minimum Gasteiger partial charge on any atom is -0.447 e. The third-order valence-corrected chi connectivity index (χ3v) is 8.46. The summed E-state index contributed by atoms with van der Waals surface area (Å²) in [5.74, 6) is -0.299. The highest BCUT2D eigenvalue weighted by Crippen LogP contribution is 2.30. The van der Waals surface area contributed by atoms with Crippen molar-refractivity contribution in [1.82, 2.24) is 20.4 Å². The second-order valence-electron chi connectivity index (χ2n) is 8.33. The van der Waals surface area contributed by atoms with E-state index in [1.165, 1.54) is 28.8 Å². The Morgan fingerprint density at radius 3 is 2.70 bits per heavy atom. The van der Waals surface area contributed by atoms with Gasteiger partial charge < -0.3 is 25.2 Å². The van der Waals surface area contributed by atoms with Gasteiger partial charge in [0, 0.05) is 37.6 Å². The normalized spacial score (nSPS) is 20.8. The van der Waals surface area contributed by atoms with Gasteiger partial charge in [-0.25, -0.2) is 4.79 Å². The molecule has 2 aliphatic heterocycles. The second kappa shape index (κ2) is 10.4. The van der Waals surface area contributed by atoms with Crippen LogP contribution in [0.3, 0.4) is 0 Å². The standard InChI is InChI=1S/C22H27ClN4O4S2/c1-24-22(30)31-12-15-10-14(25-20(28)17-3-4-19(23)33-17)11-27(15)21(29)18-9-13-5-7-26(2)8-6-16(13)32-18/h3-4,9,14-15H,5-8,10-12H2,1-2H3,(H,24,30)(H,25,28)/t14-,15+/m1/s1. The summed E-state index contributed by atoms with van der Waals surface area (Å²) in [6.07, 6.45) is 1.83. The average Bonchev–Trinajstić information content (AvgIpc) is 3.50. The number of rotatable bonds is 5. The van der Waals surface area contributed by atoms with Crippen molar-refractivity contribution < 1.29 is 19.1 Å². The van der Waals surface area contributed by atoms with E-state index in [1.54, 1.807) is 28.4 Å². The van der Waals surface area contributed by atoms with Crippen LogP contribution in [-0.2, 0) is 17.6 Å². The van der Waals surface area contributed by atoms with E-state index in [2.05, 4.69) is 22.6 Å². The van der Waals surface area contributed by atoms with Crippen molar-refractivity contribution in [2.75, 3.05) is 40.3 Å². The number of halogens is 1. The molecular formula is C22H27ClN4O4S2. The molecule has 0 aromatic carbocycles. The maximum absolute atomic E-state index is 13.5. The van der Waals surface area contributed by atoms with Crippen molar-refractivity contribution >= 4 is 52.2 Å². The molecule has 2 atom stereocenters. The van der Waals surface area contributed by atoms with Gasteiger partial charge in [0.1, 0.15) is 6.61 Å². The lowest BCUT2D eigenvalue weighted by molar-refractivity contribution is 0.0641. The Morgan fingerprint density at radius 1 is 1.18 bits per heavy atom. The number of carbonyl (C=O) groups is 3. The molecule has 4 rings (SSSR count). The van der Waals surface area contributed by atoms with E-state index in [0.29, 0.717) is 27.1 Å². The molecule has 1 saturated heterocycles. The van der Waals surface area contributed by atoms with E-state index < -0.39 is 6.09 Å². The Morgan fingerprint density at radius 2 is 1.97 bits per heavy atom. The second-order valence-corrected chi connectivity index (χ2v) is 11.2. The predicted octanol–water partition coefficient (Wildman–Crippen LogP) is 2.86. The topological polar surface area (TPSA) is 91.0 Å². The summed E-state index contributed by atoms with van der Waals surface area (Å²) >= 11 is 8.72. The van der Waals surface area contributed by atoms with Gasteiger partial charge in [0.15, 0.2) is 0 Å². The van der Waals surface area contributed by atoms with Crippen LogP contribution in [0.2, 0.25) is 4.34 Å². The van der Waals surface area contributed by atoms with Gasteiger partial charge in [-0.05, 0) is 50.1 Å². The summed E-state index contributed by atoms with van der Waals surface area (Å²) in [6, 6.07) is 4.82. The molecule has 2 aromatic heterocycles. The average molecular weight is 511 g/mol. The number of nitrogens with zero attached hydrogens (tertiary/aromatic N) is 2. The molecule has 2 N–H and O–H groups in total. The maximum atomic E-state index is 13.5. The van der Waals surface area contributed by atoms with Crippen molar-refractivity contribution in [3.05, 3.63) is 42.7 Å². The predicted molar refractivity (Wildman–Crippen MR) is 130 cm³/mol. The molecule has 0 aliphatic carbocycles. The molecule has 0 saturated carbocycles. The first-order valence-corrected chi connectivity index (χ1v) is 12.9. The zero-order chi connectivity index (χ0) is 23.5. The number of alkyl carbamates (subject to hydrolysis) is 1. The van der Waals surface area contributed by atoms with Gasteiger partial charge in [-0.1, -0.05) is 11.6 Å². The van der Waals surface area contributed by atoms with E-state index in [-0.39, 0.29) is 30.5 Å². The van der Waals surface area contributed by atoms with Crippen LogP contribution in [0.25, 0.3) is 0 Å². The molecular weight excluding hydrogens is 484 g/mol. The molecule has 2 aromatic rings. The number of nitrogens with one attached hydrogen (secondary N) is 2. The molecule has 11 heteroatoms. The molecule has 4 heterocycles. The SMILES string of the molecule is CNC(=O)OC[C@@H]1C[C@@H](NC(=O)c2ccc(Cl)s2)CN1C(=O)c1cc2c(s1)CCN(C)CC2. The number of hydrogen-bond donors (Lipinski definition) is 2. The molecule has 33 heavy (non-hydrogen) atoms. The summed E-state index contributed by atoms with van der Waals surface area (Å²) in [4.78, 5) is 44.2. The van der Waals surface area contributed by atoms with Crippen molar-refractivity contribution in [2.24, 2.45) is 0 Å². The lowest BCUT2D eigenvalue weighted by Crippen LogP contribution is -2.40. The number of likely N-dealkylation sites (tertiary alicyclic amines) is 1. The lowest BCUT2D eigenvalue weighted by atomic mass is 10.1. The summed E-state index contributed by atoms with van der Waals surface area (Å²) < 4.78 is 5.81. The Balaban J connectivity index is 1.48. The van der Waals surface area contributed by atoms with Crippen LogP contribution in [0.15, 0.2) is 18.2 Å². The summed E-state index contributed by atoms with van der Waals surface area (Å²) in [6.45, 7) is 2.38. The Bertz CT molecular complexity index is 1010. The van der Waals surface area contributed by atoms with Crippen molar-refractivity contribution in [3.8, 4) is 0 Å². The number of likely N-dealkylation sites (N-methyl/N-ethyl adjacent to an activating group) is 1. The van der Waals surface area contributed by atoms with Gasteiger partial charge in [-0.3, -0.25) is 9.59 Å². The van der Waals surface area contributed by atoms with Crippen LogP contribution in [0.5, 0.6) is 0 Å². The van der Waals surface area contributed by atoms with Crippen molar-refractivity contribution in [2.45, 2.75) is 31.3 Å². The first kappa shape index (κ1) is 24.0. The van der Waals surface area contributed by atoms with E-state index in [4.69, 9.17) is 16.3 Å². The van der Waals surface area contributed by atoms with Crippen LogP contribution < -0.4 is 10.6 Å². The van der Waals surface area contributed by atoms with Crippen molar-refractivity contribution in [1.29, 1.82) is 0 Å².